The summed E-state index contributed by atoms with van der Waals surface area (Å²) < 4.78 is 33.6. The van der Waals surface area contributed by atoms with Crippen molar-refractivity contribution < 1.29 is 23.1 Å². The molecule has 188 valence electrons. The van der Waals surface area contributed by atoms with Crippen LogP contribution in [0.2, 0.25) is 0 Å². The van der Waals surface area contributed by atoms with E-state index in [0.29, 0.717) is 5.56 Å². The maximum absolute atomic E-state index is 14.6. The molecule has 0 aliphatic carbocycles. The van der Waals surface area contributed by atoms with Gasteiger partial charge in [-0.15, -0.1) is 0 Å². The molecule has 1 heterocycles. The molecule has 2 aromatic rings. The number of Topliss-reactive ketones (excluding diaryl/α,β-unsaturated/α-hetero) is 1. The quantitative estimate of drug-likeness (QED) is 0.267. The van der Waals surface area contributed by atoms with E-state index in [4.69, 9.17) is 10.1 Å². The standard InChI is InChI=1S/C25H31F2N5O3/c1-6-35-25(34)18(15(2)3)14-32(5)24-20(27)13-30-23(31-24)21(28)11-22(16(4)33)29-12-17-9-7-8-10-19(17)26/h7-11,13,15,18,28-29H,6,12,14H2,1-5H3/b22-11-,28-21?/t18-/m1/s1. The second-order valence-corrected chi connectivity index (χ2v) is 8.32. The highest BCUT2D eigenvalue weighted by Crippen LogP contribution is 2.20. The molecule has 0 saturated heterocycles. The van der Waals surface area contributed by atoms with Crippen LogP contribution >= 0.6 is 0 Å². The van der Waals surface area contributed by atoms with Crippen molar-refractivity contribution in [3.8, 4) is 0 Å². The van der Waals surface area contributed by atoms with Crippen LogP contribution in [-0.2, 0) is 20.9 Å². The van der Waals surface area contributed by atoms with Gasteiger partial charge in [-0.05, 0) is 25.0 Å². The Morgan fingerprint density at radius 3 is 2.51 bits per heavy atom. The molecule has 0 saturated carbocycles. The zero-order valence-electron chi connectivity index (χ0n) is 20.6. The van der Waals surface area contributed by atoms with Crippen molar-refractivity contribution in [3.05, 3.63) is 65.3 Å². The third-order valence-corrected chi connectivity index (χ3v) is 5.29. The molecule has 1 atom stereocenters. The number of aromatic nitrogens is 2. The Kier molecular flexibility index (Phi) is 9.98. The van der Waals surface area contributed by atoms with Crippen LogP contribution in [0.15, 0.2) is 42.2 Å². The van der Waals surface area contributed by atoms with Crippen molar-refractivity contribution in [2.45, 2.75) is 34.2 Å². The number of halogens is 2. The Labute approximate surface area is 203 Å². The number of allylic oxidation sites excluding steroid dienone is 2. The minimum Gasteiger partial charge on any atom is -0.466 e. The predicted octanol–water partition coefficient (Wildman–Crippen LogP) is 3.66. The van der Waals surface area contributed by atoms with Gasteiger partial charge in [0.2, 0.25) is 0 Å². The van der Waals surface area contributed by atoms with E-state index in [-0.39, 0.29) is 60.4 Å². The number of hydrogen-bond acceptors (Lipinski definition) is 8. The van der Waals surface area contributed by atoms with Crippen LogP contribution in [0.4, 0.5) is 14.6 Å². The average Bonchev–Trinajstić information content (AvgIpc) is 2.80. The van der Waals surface area contributed by atoms with Crippen molar-refractivity contribution in [2.75, 3.05) is 25.1 Å². The molecule has 10 heteroatoms. The summed E-state index contributed by atoms with van der Waals surface area (Å²) in [6.07, 6.45) is 2.15. The maximum atomic E-state index is 14.6. The molecule has 0 radical (unpaired) electrons. The molecule has 1 aromatic heterocycles. The number of benzene rings is 1. The smallest absolute Gasteiger partial charge is 0.310 e. The van der Waals surface area contributed by atoms with Crippen LogP contribution in [0.25, 0.3) is 0 Å². The summed E-state index contributed by atoms with van der Waals surface area (Å²) in [5.41, 5.74) is 0.175. The van der Waals surface area contributed by atoms with Crippen LogP contribution in [0.3, 0.4) is 0 Å². The topological polar surface area (TPSA) is 108 Å². The number of ketones is 1. The van der Waals surface area contributed by atoms with Crippen LogP contribution in [0.1, 0.15) is 39.1 Å². The SMILES string of the molecule is CCOC(=O)[C@H](CN(C)c1nc(C(=N)/C=C(\NCc2ccccc2F)C(C)=O)ncc1F)C(C)C. The van der Waals surface area contributed by atoms with Crippen LogP contribution in [-0.4, -0.2) is 47.6 Å². The fourth-order valence-electron chi connectivity index (χ4n) is 3.26. The van der Waals surface area contributed by atoms with E-state index in [1.807, 2.05) is 13.8 Å². The fraction of sp³-hybridized carbons (Fsp3) is 0.400. The van der Waals surface area contributed by atoms with Crippen LogP contribution in [0, 0.1) is 28.9 Å². The first-order valence-corrected chi connectivity index (χ1v) is 11.2. The van der Waals surface area contributed by atoms with Crippen molar-refractivity contribution >= 4 is 23.3 Å². The lowest BCUT2D eigenvalue weighted by Gasteiger charge is -2.26. The van der Waals surface area contributed by atoms with E-state index in [0.717, 1.165) is 6.20 Å². The lowest BCUT2D eigenvalue weighted by atomic mass is 9.95. The van der Waals surface area contributed by atoms with Gasteiger partial charge in [0.05, 0.1) is 24.4 Å². The van der Waals surface area contributed by atoms with Crippen molar-refractivity contribution in [2.24, 2.45) is 11.8 Å². The first kappa shape index (κ1) is 27.6. The highest BCUT2D eigenvalue weighted by Gasteiger charge is 2.27. The van der Waals surface area contributed by atoms with Gasteiger partial charge in [-0.2, -0.15) is 0 Å². The molecule has 1 aromatic carbocycles. The third-order valence-electron chi connectivity index (χ3n) is 5.29. The monoisotopic (exact) mass is 487 g/mol. The lowest BCUT2D eigenvalue weighted by molar-refractivity contribution is -0.149. The Bertz CT molecular complexity index is 1100. The molecule has 35 heavy (non-hydrogen) atoms. The molecule has 0 bridgehead atoms. The Hall–Kier alpha value is -3.69. The fourth-order valence-corrected chi connectivity index (χ4v) is 3.26. The summed E-state index contributed by atoms with van der Waals surface area (Å²) in [4.78, 5) is 33.9. The van der Waals surface area contributed by atoms with Gasteiger partial charge in [0.1, 0.15) is 11.5 Å². The molecule has 0 aliphatic heterocycles. The van der Waals surface area contributed by atoms with Gasteiger partial charge < -0.3 is 15.0 Å². The minimum atomic E-state index is -0.719. The Morgan fingerprint density at radius 2 is 1.91 bits per heavy atom. The second kappa shape index (κ2) is 12.7. The average molecular weight is 488 g/mol. The number of rotatable bonds is 12. The highest BCUT2D eigenvalue weighted by molar-refractivity contribution is 6.09. The van der Waals surface area contributed by atoms with Gasteiger partial charge in [0.25, 0.3) is 0 Å². The maximum Gasteiger partial charge on any atom is 0.310 e. The van der Waals surface area contributed by atoms with Crippen LogP contribution in [0.5, 0.6) is 0 Å². The van der Waals surface area contributed by atoms with Gasteiger partial charge in [0.15, 0.2) is 23.2 Å². The van der Waals surface area contributed by atoms with E-state index in [2.05, 4.69) is 15.3 Å². The summed E-state index contributed by atoms with van der Waals surface area (Å²) in [5.74, 6) is -2.67. The molecule has 2 N–H and O–H groups in total. The van der Waals surface area contributed by atoms with Crippen molar-refractivity contribution in [1.29, 1.82) is 5.41 Å². The van der Waals surface area contributed by atoms with E-state index in [1.54, 1.807) is 32.2 Å². The first-order chi connectivity index (χ1) is 16.5. The van der Waals surface area contributed by atoms with Crippen molar-refractivity contribution in [3.63, 3.8) is 0 Å². The van der Waals surface area contributed by atoms with Gasteiger partial charge >= 0.3 is 5.97 Å². The van der Waals surface area contributed by atoms with E-state index in [9.17, 15) is 18.4 Å². The summed E-state index contributed by atoms with van der Waals surface area (Å²) in [5, 5.41) is 11.2. The zero-order valence-corrected chi connectivity index (χ0v) is 20.6. The number of nitrogens with one attached hydrogen (secondary N) is 2. The molecule has 0 amide bonds. The van der Waals surface area contributed by atoms with E-state index >= 15 is 0 Å². The largest absolute Gasteiger partial charge is 0.466 e. The summed E-state index contributed by atoms with van der Waals surface area (Å²) in [6.45, 7) is 7.19. The molecular formula is C25H31F2N5O3. The Morgan fingerprint density at radius 1 is 1.23 bits per heavy atom. The highest BCUT2D eigenvalue weighted by atomic mass is 19.1. The molecule has 0 unspecified atom stereocenters. The normalized spacial score (nSPS) is 12.3. The predicted molar refractivity (Wildman–Crippen MR) is 129 cm³/mol. The lowest BCUT2D eigenvalue weighted by Crippen LogP contribution is -2.35. The van der Waals surface area contributed by atoms with E-state index < -0.39 is 17.6 Å². The van der Waals surface area contributed by atoms with Gasteiger partial charge in [-0.25, -0.2) is 18.7 Å². The summed E-state index contributed by atoms with van der Waals surface area (Å²) >= 11 is 0. The Balaban J connectivity index is 2.24. The van der Waals surface area contributed by atoms with Gasteiger partial charge in [-0.3, -0.25) is 15.0 Å². The molecule has 8 nitrogen and oxygen atoms in total. The van der Waals surface area contributed by atoms with E-state index in [1.165, 1.54) is 24.0 Å². The molecule has 0 spiro atoms. The summed E-state index contributed by atoms with van der Waals surface area (Å²) in [7, 11) is 1.58. The number of anilines is 1. The number of carbonyl (C=O) groups is 2. The number of carbonyl (C=O) groups excluding carboxylic acids is 2. The number of esters is 1. The molecule has 2 rings (SSSR count). The minimum absolute atomic E-state index is 0.0358. The first-order valence-electron chi connectivity index (χ1n) is 11.2. The number of hydrogen-bond donors (Lipinski definition) is 2. The number of ether oxygens (including phenoxy) is 1. The number of nitrogens with zero attached hydrogens (tertiary/aromatic N) is 3. The zero-order chi connectivity index (χ0) is 26.1. The van der Waals surface area contributed by atoms with Gasteiger partial charge in [0, 0.05) is 32.6 Å². The molecular weight excluding hydrogens is 456 g/mol. The van der Waals surface area contributed by atoms with Crippen molar-refractivity contribution in [1.82, 2.24) is 15.3 Å². The van der Waals surface area contributed by atoms with Gasteiger partial charge in [-0.1, -0.05) is 32.0 Å². The molecule has 0 fully saturated rings. The molecule has 0 aliphatic rings. The van der Waals surface area contributed by atoms with Crippen LogP contribution < -0.4 is 10.2 Å². The summed E-state index contributed by atoms with van der Waals surface area (Å²) in [6, 6.07) is 6.13. The second-order valence-electron chi connectivity index (χ2n) is 8.32. The third kappa shape index (κ3) is 7.66.